The van der Waals surface area contributed by atoms with Crippen LogP contribution in [0.25, 0.3) is 5.57 Å². The average molecular weight is 385 g/mol. The molecule has 1 unspecified atom stereocenters. The van der Waals surface area contributed by atoms with Gasteiger partial charge in [-0.05, 0) is 55.7 Å². The molecule has 1 saturated carbocycles. The molecule has 152 valence electrons. The number of aliphatic hydroxyl groups excluding tert-OH is 1. The fourth-order valence-electron chi connectivity index (χ4n) is 4.93. The molecule has 0 radical (unpaired) electrons. The molecule has 0 aliphatic heterocycles. The number of carbonyl (C=O) groups excluding carboxylic acids is 2. The molecule has 0 heterocycles. The number of benzene rings is 1. The van der Waals surface area contributed by atoms with Crippen LogP contribution < -0.4 is 0 Å². The van der Waals surface area contributed by atoms with Gasteiger partial charge < -0.3 is 9.84 Å². The molecule has 1 N–H and O–H groups in total. The Kier molecular flexibility index (Phi) is 5.30. The highest BCUT2D eigenvalue weighted by Crippen LogP contribution is 2.55. The van der Waals surface area contributed by atoms with Crippen LogP contribution in [0.3, 0.4) is 0 Å². The standard InChI is InChI=1S/C24H32O4/c1-14-11-15(2)18(16(3)12-14)19-20(26)21(27)24(9-7-8-10-24)22(19)28-17(25)13-23(4,5)6/h11-12,21,27H,7-10,13H2,1-6H3. The van der Waals surface area contributed by atoms with Gasteiger partial charge >= 0.3 is 5.97 Å². The van der Waals surface area contributed by atoms with Crippen molar-refractivity contribution < 1.29 is 19.4 Å². The van der Waals surface area contributed by atoms with Crippen LogP contribution in [0.1, 0.15) is 75.1 Å². The zero-order valence-corrected chi connectivity index (χ0v) is 17.9. The van der Waals surface area contributed by atoms with Crippen molar-refractivity contribution in [2.45, 2.75) is 79.8 Å². The van der Waals surface area contributed by atoms with Crippen molar-refractivity contribution in [2.24, 2.45) is 10.8 Å². The smallest absolute Gasteiger partial charge is 0.311 e. The highest BCUT2D eigenvalue weighted by atomic mass is 16.5. The highest BCUT2D eigenvalue weighted by Gasteiger charge is 2.57. The minimum absolute atomic E-state index is 0.211. The number of ketones is 1. The zero-order valence-electron chi connectivity index (χ0n) is 17.9. The van der Waals surface area contributed by atoms with Gasteiger partial charge in [-0.15, -0.1) is 0 Å². The predicted octanol–water partition coefficient (Wildman–Crippen LogP) is 4.81. The summed E-state index contributed by atoms with van der Waals surface area (Å²) in [5.74, 6) is -0.238. The van der Waals surface area contributed by atoms with Gasteiger partial charge in [0.15, 0.2) is 5.78 Å². The lowest BCUT2D eigenvalue weighted by Gasteiger charge is -2.29. The molecule has 3 rings (SSSR count). The molecule has 4 heteroatoms. The van der Waals surface area contributed by atoms with Crippen molar-refractivity contribution in [3.05, 3.63) is 40.1 Å². The summed E-state index contributed by atoms with van der Waals surface area (Å²) < 4.78 is 5.93. The molecule has 2 aliphatic rings. The molecule has 1 fully saturated rings. The number of esters is 1. The Hall–Kier alpha value is -1.94. The van der Waals surface area contributed by atoms with E-state index in [4.69, 9.17) is 4.74 Å². The highest BCUT2D eigenvalue weighted by molar-refractivity contribution is 6.27. The van der Waals surface area contributed by atoms with Crippen LogP contribution in [-0.2, 0) is 14.3 Å². The number of hydrogen-bond acceptors (Lipinski definition) is 4. The molecule has 1 spiro atoms. The first-order valence-corrected chi connectivity index (χ1v) is 10.2. The Labute approximate surface area is 168 Å². The van der Waals surface area contributed by atoms with E-state index in [0.717, 1.165) is 35.1 Å². The van der Waals surface area contributed by atoms with Crippen LogP contribution in [0.15, 0.2) is 17.9 Å². The minimum atomic E-state index is -1.14. The van der Waals surface area contributed by atoms with E-state index >= 15 is 0 Å². The normalized spacial score (nSPS) is 21.7. The summed E-state index contributed by atoms with van der Waals surface area (Å²) in [5, 5.41) is 10.9. The molecule has 1 atom stereocenters. The monoisotopic (exact) mass is 384 g/mol. The van der Waals surface area contributed by atoms with E-state index in [0.29, 0.717) is 24.2 Å². The maximum absolute atomic E-state index is 13.2. The van der Waals surface area contributed by atoms with Crippen LogP contribution in [0.4, 0.5) is 0 Å². The van der Waals surface area contributed by atoms with E-state index in [-0.39, 0.29) is 23.6 Å². The summed E-state index contributed by atoms with van der Waals surface area (Å²) in [6.07, 6.45) is 2.31. The van der Waals surface area contributed by atoms with Gasteiger partial charge in [0.05, 0.1) is 17.4 Å². The van der Waals surface area contributed by atoms with E-state index < -0.39 is 11.5 Å². The van der Waals surface area contributed by atoms with Crippen LogP contribution in [-0.4, -0.2) is 23.0 Å². The molecule has 0 aromatic heterocycles. The number of carbonyl (C=O) groups is 2. The lowest BCUT2D eigenvalue weighted by atomic mass is 9.81. The third-order valence-corrected chi connectivity index (χ3v) is 6.01. The molecular weight excluding hydrogens is 352 g/mol. The van der Waals surface area contributed by atoms with Gasteiger partial charge in [-0.25, -0.2) is 0 Å². The predicted molar refractivity (Wildman–Crippen MR) is 110 cm³/mol. The largest absolute Gasteiger partial charge is 0.430 e. The fraction of sp³-hybridized carbons (Fsp3) is 0.583. The first-order chi connectivity index (χ1) is 13.0. The SMILES string of the molecule is Cc1cc(C)c(C2=C(OC(=O)CC(C)(C)C)C3(CCCC3)C(O)C2=O)c(C)c1. The third-order valence-electron chi connectivity index (χ3n) is 6.01. The van der Waals surface area contributed by atoms with Crippen molar-refractivity contribution in [1.29, 1.82) is 0 Å². The minimum Gasteiger partial charge on any atom is -0.430 e. The Bertz CT molecular complexity index is 825. The number of aliphatic hydroxyl groups is 1. The molecule has 0 amide bonds. The van der Waals surface area contributed by atoms with Gasteiger partial charge in [0, 0.05) is 0 Å². The summed E-state index contributed by atoms with van der Waals surface area (Å²) in [7, 11) is 0. The van der Waals surface area contributed by atoms with E-state index in [2.05, 4.69) is 0 Å². The molecule has 2 aliphatic carbocycles. The molecule has 1 aromatic rings. The number of rotatable bonds is 3. The van der Waals surface area contributed by atoms with Gasteiger partial charge in [-0.3, -0.25) is 9.59 Å². The first kappa shape index (κ1) is 20.8. The first-order valence-electron chi connectivity index (χ1n) is 10.2. The third kappa shape index (κ3) is 3.55. The summed E-state index contributed by atoms with van der Waals surface area (Å²) in [4.78, 5) is 26.0. The molecule has 0 bridgehead atoms. The van der Waals surface area contributed by atoms with E-state index in [9.17, 15) is 14.7 Å². The van der Waals surface area contributed by atoms with E-state index in [1.807, 2.05) is 53.7 Å². The molecule has 4 nitrogen and oxygen atoms in total. The molecule has 28 heavy (non-hydrogen) atoms. The Balaban J connectivity index is 2.18. The van der Waals surface area contributed by atoms with Crippen LogP contribution in [0, 0.1) is 31.6 Å². The van der Waals surface area contributed by atoms with Gasteiger partial charge in [-0.1, -0.05) is 51.3 Å². The van der Waals surface area contributed by atoms with Crippen molar-refractivity contribution in [3.8, 4) is 0 Å². The van der Waals surface area contributed by atoms with Gasteiger partial charge in [0.1, 0.15) is 11.9 Å². The topological polar surface area (TPSA) is 63.6 Å². The van der Waals surface area contributed by atoms with Crippen molar-refractivity contribution in [2.75, 3.05) is 0 Å². The van der Waals surface area contributed by atoms with Crippen molar-refractivity contribution in [1.82, 2.24) is 0 Å². The number of ether oxygens (including phenoxy) is 1. The fourth-order valence-corrected chi connectivity index (χ4v) is 4.93. The molecule has 0 saturated heterocycles. The second-order valence-electron chi connectivity index (χ2n) is 9.82. The number of hydrogen-bond donors (Lipinski definition) is 1. The molecular formula is C24H32O4. The second kappa shape index (κ2) is 7.14. The van der Waals surface area contributed by atoms with Gasteiger partial charge in [0.2, 0.25) is 0 Å². The Morgan fingerprint density at radius 3 is 2.18 bits per heavy atom. The zero-order chi connectivity index (χ0) is 20.9. The van der Waals surface area contributed by atoms with E-state index in [1.54, 1.807) is 0 Å². The maximum Gasteiger partial charge on any atom is 0.311 e. The van der Waals surface area contributed by atoms with Crippen molar-refractivity contribution >= 4 is 17.3 Å². The van der Waals surface area contributed by atoms with Crippen LogP contribution in [0.5, 0.6) is 0 Å². The van der Waals surface area contributed by atoms with E-state index in [1.165, 1.54) is 0 Å². The van der Waals surface area contributed by atoms with Crippen molar-refractivity contribution in [3.63, 3.8) is 0 Å². The second-order valence-corrected chi connectivity index (χ2v) is 9.82. The summed E-state index contributed by atoms with van der Waals surface area (Å²) >= 11 is 0. The average Bonchev–Trinajstić information content (AvgIpc) is 3.09. The number of Topliss-reactive ketones (excluding diaryl/α,β-unsaturated/α-hetero) is 1. The quantitative estimate of drug-likeness (QED) is 0.760. The van der Waals surface area contributed by atoms with Crippen LogP contribution >= 0.6 is 0 Å². The molecule has 1 aromatic carbocycles. The van der Waals surface area contributed by atoms with Gasteiger partial charge in [0.25, 0.3) is 0 Å². The summed E-state index contributed by atoms with van der Waals surface area (Å²) in [6.45, 7) is 11.9. The Morgan fingerprint density at radius 2 is 1.68 bits per heavy atom. The Morgan fingerprint density at radius 1 is 1.14 bits per heavy atom. The summed E-state index contributed by atoms with van der Waals surface area (Å²) in [5.41, 5.74) is 3.29. The summed E-state index contributed by atoms with van der Waals surface area (Å²) in [6, 6.07) is 4.06. The maximum atomic E-state index is 13.2. The number of aryl methyl sites for hydroxylation is 3. The van der Waals surface area contributed by atoms with Gasteiger partial charge in [-0.2, -0.15) is 0 Å². The lowest BCUT2D eigenvalue weighted by Crippen LogP contribution is -2.35. The van der Waals surface area contributed by atoms with Crippen LogP contribution in [0.2, 0.25) is 0 Å². The lowest BCUT2D eigenvalue weighted by molar-refractivity contribution is -0.145.